The zero-order valence-electron chi connectivity index (χ0n) is 12.9. The third-order valence-corrected chi connectivity index (χ3v) is 4.26. The number of hydrogen-bond donors (Lipinski definition) is 1. The van der Waals surface area contributed by atoms with Gasteiger partial charge < -0.3 is 10.0 Å². The van der Waals surface area contributed by atoms with Crippen LogP contribution in [0.1, 0.15) is 51.5 Å². The second kappa shape index (κ2) is 7.21. The lowest BCUT2D eigenvalue weighted by Crippen LogP contribution is -2.36. The second-order valence-electron chi connectivity index (χ2n) is 6.38. The minimum absolute atomic E-state index is 0.0831. The lowest BCUT2D eigenvalue weighted by atomic mass is 10.1. The van der Waals surface area contributed by atoms with Crippen molar-refractivity contribution in [2.24, 2.45) is 5.92 Å². The van der Waals surface area contributed by atoms with Crippen molar-refractivity contribution < 1.29 is 13.9 Å². The fourth-order valence-electron chi connectivity index (χ4n) is 3.07. The summed E-state index contributed by atoms with van der Waals surface area (Å²) < 4.78 is 28.7. The molecule has 2 rings (SSSR count). The second-order valence-corrected chi connectivity index (χ2v) is 6.38. The van der Waals surface area contributed by atoms with Crippen LogP contribution >= 0.6 is 0 Å². The summed E-state index contributed by atoms with van der Waals surface area (Å²) in [5, 5.41) is 9.06. The monoisotopic (exact) mass is 297 g/mol. The maximum atomic E-state index is 14.3. The molecule has 0 radical (unpaired) electrons. The molecule has 1 N–H and O–H groups in total. The van der Waals surface area contributed by atoms with Gasteiger partial charge in [0.25, 0.3) is 0 Å². The van der Waals surface area contributed by atoms with Gasteiger partial charge in [0, 0.05) is 12.6 Å². The summed E-state index contributed by atoms with van der Waals surface area (Å²) >= 11 is 0. The summed E-state index contributed by atoms with van der Waals surface area (Å²) in [6, 6.07) is 2.72. The maximum absolute atomic E-state index is 14.3. The average molecular weight is 297 g/mol. The highest BCUT2D eigenvalue weighted by atomic mass is 19.1. The Morgan fingerprint density at radius 1 is 1.19 bits per heavy atom. The van der Waals surface area contributed by atoms with E-state index in [0.717, 1.165) is 32.1 Å². The molecule has 21 heavy (non-hydrogen) atoms. The molecule has 0 aromatic heterocycles. The van der Waals surface area contributed by atoms with Gasteiger partial charge in [-0.25, -0.2) is 8.78 Å². The van der Waals surface area contributed by atoms with Crippen molar-refractivity contribution in [2.75, 3.05) is 11.4 Å². The van der Waals surface area contributed by atoms with E-state index in [4.69, 9.17) is 5.11 Å². The number of benzene rings is 1. The highest BCUT2D eigenvalue weighted by molar-refractivity contribution is 5.51. The van der Waals surface area contributed by atoms with Gasteiger partial charge >= 0.3 is 0 Å². The molecule has 0 atom stereocenters. The molecular weight excluding hydrogens is 272 g/mol. The van der Waals surface area contributed by atoms with Gasteiger partial charge in [-0.15, -0.1) is 0 Å². The molecule has 1 fully saturated rings. The third-order valence-electron chi connectivity index (χ3n) is 4.26. The summed E-state index contributed by atoms with van der Waals surface area (Å²) in [4.78, 5) is 1.92. The van der Waals surface area contributed by atoms with E-state index in [1.54, 1.807) is 0 Å². The average Bonchev–Trinajstić information content (AvgIpc) is 2.94. The molecule has 2 nitrogen and oxygen atoms in total. The fraction of sp³-hybridized carbons (Fsp3) is 0.647. The summed E-state index contributed by atoms with van der Waals surface area (Å²) in [5.74, 6) is -0.624. The Bertz CT molecular complexity index is 447. The zero-order chi connectivity index (χ0) is 15.4. The maximum Gasteiger partial charge on any atom is 0.149 e. The summed E-state index contributed by atoms with van der Waals surface area (Å²) in [5.41, 5.74) is 0.365. The van der Waals surface area contributed by atoms with Crippen molar-refractivity contribution in [1.82, 2.24) is 0 Å². The number of halogens is 2. The molecule has 1 aliphatic rings. The summed E-state index contributed by atoms with van der Waals surface area (Å²) in [6.07, 6.45) is 5.16. The first-order chi connectivity index (χ1) is 10.0. The van der Waals surface area contributed by atoms with E-state index in [1.165, 1.54) is 12.1 Å². The number of rotatable bonds is 6. The van der Waals surface area contributed by atoms with Crippen LogP contribution in [0.25, 0.3) is 0 Å². The number of nitrogens with zero attached hydrogens (tertiary/aromatic N) is 1. The van der Waals surface area contributed by atoms with E-state index in [1.807, 2.05) is 4.90 Å². The smallest absolute Gasteiger partial charge is 0.149 e. The highest BCUT2D eigenvalue weighted by Crippen LogP contribution is 2.33. The molecule has 1 aromatic rings. The van der Waals surface area contributed by atoms with Crippen molar-refractivity contribution in [3.63, 3.8) is 0 Å². The predicted molar refractivity (Wildman–Crippen MR) is 81.3 cm³/mol. The number of aliphatic hydroxyl groups excluding tert-OH is 1. The Morgan fingerprint density at radius 3 is 2.24 bits per heavy atom. The van der Waals surface area contributed by atoms with Crippen molar-refractivity contribution in [3.8, 4) is 0 Å². The first-order valence-corrected chi connectivity index (χ1v) is 7.88. The Balaban J connectivity index is 2.30. The molecule has 0 saturated heterocycles. The van der Waals surface area contributed by atoms with E-state index in [0.29, 0.717) is 12.5 Å². The summed E-state index contributed by atoms with van der Waals surface area (Å²) in [7, 11) is 0. The molecule has 1 aromatic carbocycles. The van der Waals surface area contributed by atoms with Crippen LogP contribution < -0.4 is 4.90 Å². The molecular formula is C17H25F2NO. The number of hydrogen-bond acceptors (Lipinski definition) is 2. The molecule has 0 spiro atoms. The number of anilines is 1. The Labute approximate surface area is 125 Å². The van der Waals surface area contributed by atoms with Crippen LogP contribution in [0.5, 0.6) is 0 Å². The Morgan fingerprint density at radius 2 is 1.76 bits per heavy atom. The van der Waals surface area contributed by atoms with Gasteiger partial charge in [0.05, 0.1) is 6.61 Å². The van der Waals surface area contributed by atoms with Crippen molar-refractivity contribution in [3.05, 3.63) is 29.3 Å². The number of aliphatic hydroxyl groups is 1. The molecule has 0 aliphatic heterocycles. The Kier molecular flexibility index (Phi) is 5.57. The molecule has 0 amide bonds. The van der Waals surface area contributed by atoms with Crippen LogP contribution in [0.4, 0.5) is 14.5 Å². The first kappa shape index (κ1) is 16.2. The van der Waals surface area contributed by atoms with Gasteiger partial charge in [0.1, 0.15) is 17.3 Å². The standard InChI is InChI=1S/C17H25F2NO/c1-12(2)7-8-20(14-5-3-4-6-14)17-15(18)9-13(11-21)10-16(17)19/h9-10,12,14,21H,3-8,11H2,1-2H3. The normalized spacial score (nSPS) is 15.9. The van der Waals surface area contributed by atoms with Gasteiger partial charge in [0.2, 0.25) is 0 Å². The van der Waals surface area contributed by atoms with Crippen LogP contribution in [0, 0.1) is 17.6 Å². The van der Waals surface area contributed by atoms with E-state index in [2.05, 4.69) is 13.8 Å². The largest absolute Gasteiger partial charge is 0.392 e. The zero-order valence-corrected chi connectivity index (χ0v) is 12.9. The van der Waals surface area contributed by atoms with Crippen molar-refractivity contribution in [1.29, 1.82) is 0 Å². The van der Waals surface area contributed by atoms with E-state index in [9.17, 15) is 8.78 Å². The fourth-order valence-corrected chi connectivity index (χ4v) is 3.07. The van der Waals surface area contributed by atoms with Crippen LogP contribution in [0.2, 0.25) is 0 Å². The van der Waals surface area contributed by atoms with E-state index in [-0.39, 0.29) is 23.9 Å². The lowest BCUT2D eigenvalue weighted by Gasteiger charge is -2.32. The van der Waals surface area contributed by atoms with Gasteiger partial charge in [-0.1, -0.05) is 26.7 Å². The first-order valence-electron chi connectivity index (χ1n) is 7.88. The van der Waals surface area contributed by atoms with Crippen molar-refractivity contribution in [2.45, 2.75) is 58.6 Å². The molecule has 0 bridgehead atoms. The Hall–Kier alpha value is -1.16. The van der Waals surface area contributed by atoms with Gasteiger partial charge in [-0.3, -0.25) is 0 Å². The third kappa shape index (κ3) is 3.94. The topological polar surface area (TPSA) is 23.5 Å². The van der Waals surface area contributed by atoms with Crippen molar-refractivity contribution >= 4 is 5.69 Å². The SMILES string of the molecule is CC(C)CCN(c1c(F)cc(CO)cc1F)C1CCCC1. The minimum Gasteiger partial charge on any atom is -0.392 e. The minimum atomic E-state index is -0.560. The summed E-state index contributed by atoms with van der Waals surface area (Å²) in [6.45, 7) is 4.57. The molecule has 0 unspecified atom stereocenters. The van der Waals surface area contributed by atoms with E-state index >= 15 is 0 Å². The predicted octanol–water partition coefficient (Wildman–Crippen LogP) is 4.25. The van der Waals surface area contributed by atoms with Crippen LogP contribution in [-0.2, 0) is 6.61 Å². The highest BCUT2D eigenvalue weighted by Gasteiger charge is 2.27. The van der Waals surface area contributed by atoms with Crippen LogP contribution in [0.3, 0.4) is 0 Å². The molecule has 1 aliphatic carbocycles. The van der Waals surface area contributed by atoms with E-state index < -0.39 is 11.6 Å². The van der Waals surface area contributed by atoms with Crippen LogP contribution in [-0.4, -0.2) is 17.7 Å². The van der Waals surface area contributed by atoms with Gasteiger partial charge in [-0.2, -0.15) is 0 Å². The quantitative estimate of drug-likeness (QED) is 0.848. The molecule has 4 heteroatoms. The van der Waals surface area contributed by atoms with Gasteiger partial charge in [-0.05, 0) is 42.9 Å². The van der Waals surface area contributed by atoms with Crippen LogP contribution in [0.15, 0.2) is 12.1 Å². The lowest BCUT2D eigenvalue weighted by molar-refractivity contribution is 0.280. The molecule has 1 saturated carbocycles. The molecule has 118 valence electrons. The molecule has 0 heterocycles. The van der Waals surface area contributed by atoms with Gasteiger partial charge in [0.15, 0.2) is 0 Å².